The standard InChI is InChI=1S/C14H12Cl2N4S/c15-8-1-2-11-10(3-8)14(6-18-11)7-19-12(20-14)4-9-5-17-13(16)21-9/h1-3,5-6,12,19-20H,4,7H2/t12-,14?/m1/s1. The average molecular weight is 339 g/mol. The van der Waals surface area contributed by atoms with Crippen LogP contribution in [0.4, 0.5) is 5.69 Å². The van der Waals surface area contributed by atoms with Gasteiger partial charge in [-0.15, -0.1) is 11.3 Å². The third kappa shape index (κ3) is 2.39. The Hall–Kier alpha value is -0.980. The zero-order valence-corrected chi connectivity index (χ0v) is 13.3. The van der Waals surface area contributed by atoms with Crippen LogP contribution in [0.3, 0.4) is 0 Å². The van der Waals surface area contributed by atoms with E-state index in [1.807, 2.05) is 30.6 Å². The van der Waals surface area contributed by atoms with Crippen molar-refractivity contribution in [1.82, 2.24) is 15.6 Å². The van der Waals surface area contributed by atoms with Crippen molar-refractivity contribution >= 4 is 46.4 Å². The fourth-order valence-corrected chi connectivity index (χ4v) is 4.08. The van der Waals surface area contributed by atoms with Gasteiger partial charge in [0.05, 0.1) is 17.4 Å². The van der Waals surface area contributed by atoms with Crippen molar-refractivity contribution in [1.29, 1.82) is 0 Å². The number of nitrogens with one attached hydrogen (secondary N) is 2. The van der Waals surface area contributed by atoms with E-state index < -0.39 is 0 Å². The molecule has 0 amide bonds. The topological polar surface area (TPSA) is 49.3 Å². The van der Waals surface area contributed by atoms with Crippen LogP contribution in [0.25, 0.3) is 0 Å². The van der Waals surface area contributed by atoms with Gasteiger partial charge in [-0.25, -0.2) is 4.98 Å². The van der Waals surface area contributed by atoms with Gasteiger partial charge in [-0.3, -0.25) is 15.6 Å². The minimum atomic E-state index is -0.265. The molecule has 0 radical (unpaired) electrons. The van der Waals surface area contributed by atoms with Crippen LogP contribution in [-0.2, 0) is 12.0 Å². The van der Waals surface area contributed by atoms with E-state index in [-0.39, 0.29) is 11.7 Å². The Labute approximate surface area is 136 Å². The molecule has 1 spiro atoms. The maximum atomic E-state index is 6.13. The summed E-state index contributed by atoms with van der Waals surface area (Å²) in [5.41, 5.74) is 1.85. The predicted molar refractivity (Wildman–Crippen MR) is 87.0 cm³/mol. The van der Waals surface area contributed by atoms with Crippen LogP contribution in [0.5, 0.6) is 0 Å². The van der Waals surface area contributed by atoms with Crippen molar-refractivity contribution in [3.8, 4) is 0 Å². The number of rotatable bonds is 2. The maximum absolute atomic E-state index is 6.13. The molecule has 108 valence electrons. The van der Waals surface area contributed by atoms with Gasteiger partial charge in [0.1, 0.15) is 0 Å². The molecule has 4 rings (SSSR count). The summed E-state index contributed by atoms with van der Waals surface area (Å²) in [6.07, 6.45) is 4.81. The van der Waals surface area contributed by atoms with E-state index >= 15 is 0 Å². The first-order valence-corrected chi connectivity index (χ1v) is 8.18. The van der Waals surface area contributed by atoms with Crippen molar-refractivity contribution in [3.63, 3.8) is 0 Å². The van der Waals surface area contributed by atoms with Gasteiger partial charge in [0.2, 0.25) is 0 Å². The van der Waals surface area contributed by atoms with Crippen molar-refractivity contribution < 1.29 is 0 Å². The van der Waals surface area contributed by atoms with Gasteiger partial charge in [0.15, 0.2) is 4.47 Å². The largest absolute Gasteiger partial charge is 0.299 e. The first kappa shape index (κ1) is 13.7. The number of fused-ring (bicyclic) bond motifs is 2. The van der Waals surface area contributed by atoms with E-state index in [1.165, 1.54) is 11.3 Å². The van der Waals surface area contributed by atoms with Crippen molar-refractivity contribution in [2.75, 3.05) is 6.54 Å². The molecule has 2 aliphatic heterocycles. The fourth-order valence-electron chi connectivity index (χ4n) is 2.88. The molecule has 1 aromatic carbocycles. The Balaban J connectivity index is 1.57. The van der Waals surface area contributed by atoms with Crippen LogP contribution in [-0.4, -0.2) is 23.9 Å². The van der Waals surface area contributed by atoms with Crippen LogP contribution in [0.2, 0.25) is 9.49 Å². The highest BCUT2D eigenvalue weighted by Crippen LogP contribution is 2.38. The van der Waals surface area contributed by atoms with Crippen LogP contribution in [0.1, 0.15) is 10.4 Å². The number of halogens is 2. The van der Waals surface area contributed by atoms with E-state index in [1.54, 1.807) is 0 Å². The number of aliphatic imine (C=N–C) groups is 1. The first-order valence-electron chi connectivity index (χ1n) is 6.61. The number of aromatic nitrogens is 1. The lowest BCUT2D eigenvalue weighted by molar-refractivity contribution is 0.496. The highest BCUT2D eigenvalue weighted by Gasteiger charge is 2.42. The molecule has 21 heavy (non-hydrogen) atoms. The molecule has 0 saturated carbocycles. The van der Waals surface area contributed by atoms with Gasteiger partial charge >= 0.3 is 0 Å². The number of nitrogens with zero attached hydrogens (tertiary/aromatic N) is 2. The normalized spacial score (nSPS) is 26.7. The summed E-state index contributed by atoms with van der Waals surface area (Å²) < 4.78 is 0.581. The summed E-state index contributed by atoms with van der Waals surface area (Å²) >= 11 is 13.5. The van der Waals surface area contributed by atoms with E-state index in [0.717, 1.165) is 34.1 Å². The smallest absolute Gasteiger partial charge is 0.183 e. The van der Waals surface area contributed by atoms with Gasteiger partial charge in [-0.05, 0) is 18.2 Å². The highest BCUT2D eigenvalue weighted by atomic mass is 35.5. The summed E-state index contributed by atoms with van der Waals surface area (Å²) in [5, 5.41) is 7.86. The fraction of sp³-hybridized carbons (Fsp3) is 0.286. The van der Waals surface area contributed by atoms with E-state index in [9.17, 15) is 0 Å². The molecular formula is C14H12Cl2N4S. The van der Waals surface area contributed by atoms with Gasteiger partial charge in [0, 0.05) is 40.8 Å². The minimum absolute atomic E-state index is 0.165. The Morgan fingerprint density at radius 3 is 3.10 bits per heavy atom. The number of hydrogen-bond acceptors (Lipinski definition) is 5. The molecule has 1 fully saturated rings. The summed E-state index contributed by atoms with van der Waals surface area (Å²) in [4.78, 5) is 9.74. The lowest BCUT2D eigenvalue weighted by Gasteiger charge is -2.22. The molecule has 3 heterocycles. The zero-order valence-electron chi connectivity index (χ0n) is 10.9. The molecule has 1 aromatic heterocycles. The summed E-state index contributed by atoms with van der Waals surface area (Å²) in [6.45, 7) is 0.793. The first-order chi connectivity index (χ1) is 10.1. The predicted octanol–water partition coefficient (Wildman–Crippen LogP) is 3.12. The van der Waals surface area contributed by atoms with E-state index in [0.29, 0.717) is 4.47 Å². The molecule has 2 N–H and O–H groups in total. The monoisotopic (exact) mass is 338 g/mol. The molecule has 0 aliphatic carbocycles. The van der Waals surface area contributed by atoms with Crippen LogP contribution in [0, 0.1) is 0 Å². The zero-order chi connectivity index (χ0) is 14.4. The lowest BCUT2D eigenvalue weighted by Crippen LogP contribution is -2.43. The molecule has 1 saturated heterocycles. The van der Waals surface area contributed by atoms with Gasteiger partial charge < -0.3 is 0 Å². The van der Waals surface area contributed by atoms with Crippen molar-refractivity contribution in [3.05, 3.63) is 44.3 Å². The average Bonchev–Trinajstić information content (AvgIpc) is 3.14. The Kier molecular flexibility index (Phi) is 3.28. The van der Waals surface area contributed by atoms with E-state index in [4.69, 9.17) is 23.2 Å². The molecule has 2 atom stereocenters. The molecule has 2 aliphatic rings. The summed E-state index contributed by atoms with van der Waals surface area (Å²) in [7, 11) is 0. The van der Waals surface area contributed by atoms with Gasteiger partial charge in [-0.1, -0.05) is 23.2 Å². The Bertz CT molecular complexity index is 730. The summed E-state index contributed by atoms with van der Waals surface area (Å²) in [5.74, 6) is 0. The Morgan fingerprint density at radius 1 is 1.38 bits per heavy atom. The van der Waals surface area contributed by atoms with Crippen LogP contribution in [0.15, 0.2) is 29.4 Å². The molecule has 1 unspecified atom stereocenters. The number of thiazole rings is 1. The molecule has 0 bridgehead atoms. The van der Waals surface area contributed by atoms with Gasteiger partial charge in [0.25, 0.3) is 0 Å². The van der Waals surface area contributed by atoms with Crippen LogP contribution >= 0.6 is 34.5 Å². The second-order valence-corrected chi connectivity index (χ2v) is 7.39. The molecular weight excluding hydrogens is 327 g/mol. The van der Waals surface area contributed by atoms with E-state index in [2.05, 4.69) is 20.6 Å². The second-order valence-electron chi connectivity index (χ2n) is 5.25. The second kappa shape index (κ2) is 5.04. The minimum Gasteiger partial charge on any atom is -0.299 e. The van der Waals surface area contributed by atoms with Crippen LogP contribution < -0.4 is 10.6 Å². The lowest BCUT2D eigenvalue weighted by atomic mass is 9.93. The Morgan fingerprint density at radius 2 is 2.29 bits per heavy atom. The molecule has 7 heteroatoms. The third-order valence-corrected chi connectivity index (χ3v) is 5.23. The SMILES string of the molecule is Clc1ccc2c(c1)C1(C=N2)CN[C@@H](Cc2cnc(Cl)s2)N1. The van der Waals surface area contributed by atoms with Crippen molar-refractivity contribution in [2.24, 2.45) is 4.99 Å². The number of benzene rings is 1. The highest BCUT2D eigenvalue weighted by molar-refractivity contribution is 7.15. The summed E-state index contributed by atoms with van der Waals surface area (Å²) in [6, 6.07) is 5.82. The quantitative estimate of drug-likeness (QED) is 0.884. The molecule has 2 aromatic rings. The van der Waals surface area contributed by atoms with Gasteiger partial charge in [-0.2, -0.15) is 0 Å². The number of hydrogen-bond donors (Lipinski definition) is 2. The molecule has 4 nitrogen and oxygen atoms in total. The van der Waals surface area contributed by atoms with Crippen molar-refractivity contribution in [2.45, 2.75) is 18.1 Å². The maximum Gasteiger partial charge on any atom is 0.183 e. The third-order valence-electron chi connectivity index (χ3n) is 3.85.